The number of nitrogens with zero attached hydrogens (tertiary/aromatic N) is 1. The molecule has 0 bridgehead atoms. The summed E-state index contributed by atoms with van der Waals surface area (Å²) >= 11 is 0. The van der Waals surface area contributed by atoms with E-state index in [1.54, 1.807) is 0 Å². The van der Waals surface area contributed by atoms with Gasteiger partial charge in [-0.3, -0.25) is 9.69 Å². The Morgan fingerprint density at radius 2 is 2.05 bits per heavy atom. The zero-order valence-corrected chi connectivity index (χ0v) is 13.0. The second-order valence-corrected chi connectivity index (χ2v) is 5.30. The fraction of sp³-hybridized carbons (Fsp3) is 0.562. The summed E-state index contributed by atoms with van der Waals surface area (Å²) < 4.78 is 0. The van der Waals surface area contributed by atoms with Crippen molar-refractivity contribution in [1.29, 1.82) is 0 Å². The molecule has 0 radical (unpaired) electrons. The Hall–Kier alpha value is -1.55. The molecule has 1 amide bonds. The zero-order chi connectivity index (χ0) is 15.1. The number of likely N-dealkylation sites (N-methyl/N-ethyl adjacent to an activating group) is 1. The van der Waals surface area contributed by atoms with E-state index >= 15 is 0 Å². The SMILES string of the molecule is CCC(C)NC(=O)C(C)N(CC)Cc1cccc(N)c1. The number of amides is 1. The highest BCUT2D eigenvalue weighted by molar-refractivity contribution is 5.81. The van der Waals surface area contributed by atoms with Gasteiger partial charge in [0.2, 0.25) is 5.91 Å². The van der Waals surface area contributed by atoms with E-state index in [0.29, 0.717) is 0 Å². The molecule has 0 heterocycles. The van der Waals surface area contributed by atoms with Crippen molar-refractivity contribution in [3.05, 3.63) is 29.8 Å². The number of hydrogen-bond acceptors (Lipinski definition) is 3. The molecule has 1 aromatic carbocycles. The lowest BCUT2D eigenvalue weighted by molar-refractivity contribution is -0.126. The van der Waals surface area contributed by atoms with Gasteiger partial charge in [0.25, 0.3) is 0 Å². The number of anilines is 1. The predicted molar refractivity (Wildman–Crippen MR) is 84.3 cm³/mol. The number of rotatable bonds is 7. The maximum Gasteiger partial charge on any atom is 0.237 e. The zero-order valence-electron chi connectivity index (χ0n) is 13.0. The van der Waals surface area contributed by atoms with Crippen LogP contribution in [0.1, 0.15) is 39.7 Å². The highest BCUT2D eigenvalue weighted by Gasteiger charge is 2.21. The van der Waals surface area contributed by atoms with Crippen molar-refractivity contribution >= 4 is 11.6 Å². The predicted octanol–water partition coefficient (Wildman–Crippen LogP) is 2.39. The highest BCUT2D eigenvalue weighted by atomic mass is 16.2. The topological polar surface area (TPSA) is 58.4 Å². The molecular formula is C16H27N3O. The first-order valence-corrected chi connectivity index (χ1v) is 7.36. The number of nitrogen functional groups attached to an aromatic ring is 1. The van der Waals surface area contributed by atoms with E-state index in [1.165, 1.54) is 0 Å². The van der Waals surface area contributed by atoms with E-state index in [2.05, 4.69) is 24.1 Å². The third-order valence-corrected chi connectivity index (χ3v) is 3.67. The number of nitrogens with two attached hydrogens (primary N) is 1. The number of carbonyl (C=O) groups is 1. The van der Waals surface area contributed by atoms with Gasteiger partial charge < -0.3 is 11.1 Å². The van der Waals surface area contributed by atoms with Crippen molar-refractivity contribution in [3.8, 4) is 0 Å². The first kappa shape index (κ1) is 16.5. The van der Waals surface area contributed by atoms with Crippen LogP contribution in [0.5, 0.6) is 0 Å². The third kappa shape index (κ3) is 4.85. The Bertz CT molecular complexity index is 433. The second kappa shape index (κ2) is 7.90. The van der Waals surface area contributed by atoms with Gasteiger partial charge in [0.15, 0.2) is 0 Å². The molecule has 4 nitrogen and oxygen atoms in total. The van der Waals surface area contributed by atoms with Crippen molar-refractivity contribution in [1.82, 2.24) is 10.2 Å². The second-order valence-electron chi connectivity index (χ2n) is 5.30. The Kier molecular flexibility index (Phi) is 6.52. The summed E-state index contributed by atoms with van der Waals surface area (Å²) in [6.07, 6.45) is 0.944. The van der Waals surface area contributed by atoms with Crippen LogP contribution in [0, 0.1) is 0 Å². The molecule has 0 fully saturated rings. The van der Waals surface area contributed by atoms with Gasteiger partial charge >= 0.3 is 0 Å². The van der Waals surface area contributed by atoms with Crippen LogP contribution in [0.4, 0.5) is 5.69 Å². The monoisotopic (exact) mass is 277 g/mol. The number of nitrogens with one attached hydrogen (secondary N) is 1. The van der Waals surface area contributed by atoms with Gasteiger partial charge in [-0.2, -0.15) is 0 Å². The number of benzene rings is 1. The standard InChI is InChI=1S/C16H27N3O/c1-5-12(3)18-16(20)13(4)19(6-2)11-14-8-7-9-15(17)10-14/h7-10,12-13H,5-6,11,17H2,1-4H3,(H,18,20). The van der Waals surface area contributed by atoms with Gasteiger partial charge in [0.05, 0.1) is 6.04 Å². The molecule has 0 saturated carbocycles. The van der Waals surface area contributed by atoms with Crippen LogP contribution in [0.25, 0.3) is 0 Å². The maximum absolute atomic E-state index is 12.2. The minimum absolute atomic E-state index is 0.0881. The summed E-state index contributed by atoms with van der Waals surface area (Å²) in [6, 6.07) is 7.90. The number of carbonyl (C=O) groups excluding carboxylic acids is 1. The van der Waals surface area contributed by atoms with Gasteiger partial charge in [0, 0.05) is 18.3 Å². The molecule has 0 aromatic heterocycles. The fourth-order valence-electron chi connectivity index (χ4n) is 2.08. The summed E-state index contributed by atoms with van der Waals surface area (Å²) in [7, 11) is 0. The van der Waals surface area contributed by atoms with Gasteiger partial charge in [0.1, 0.15) is 0 Å². The van der Waals surface area contributed by atoms with Crippen LogP contribution in [0.2, 0.25) is 0 Å². The lowest BCUT2D eigenvalue weighted by atomic mass is 10.1. The van der Waals surface area contributed by atoms with E-state index in [1.807, 2.05) is 38.1 Å². The van der Waals surface area contributed by atoms with Crippen molar-refractivity contribution in [2.75, 3.05) is 12.3 Å². The minimum Gasteiger partial charge on any atom is -0.399 e. The molecule has 1 rings (SSSR count). The molecular weight excluding hydrogens is 250 g/mol. The van der Waals surface area contributed by atoms with E-state index in [4.69, 9.17) is 5.73 Å². The molecule has 3 N–H and O–H groups in total. The summed E-state index contributed by atoms with van der Waals surface area (Å²) in [5, 5.41) is 3.04. The van der Waals surface area contributed by atoms with Crippen LogP contribution >= 0.6 is 0 Å². The molecule has 20 heavy (non-hydrogen) atoms. The normalized spacial score (nSPS) is 14.1. The highest BCUT2D eigenvalue weighted by Crippen LogP contribution is 2.12. The summed E-state index contributed by atoms with van der Waals surface area (Å²) in [5.41, 5.74) is 7.69. The van der Waals surface area contributed by atoms with Crippen molar-refractivity contribution < 1.29 is 4.79 Å². The van der Waals surface area contributed by atoms with Gasteiger partial charge in [-0.25, -0.2) is 0 Å². The lowest BCUT2D eigenvalue weighted by Crippen LogP contribution is -2.47. The quantitative estimate of drug-likeness (QED) is 0.752. The van der Waals surface area contributed by atoms with Crippen molar-refractivity contribution in [2.24, 2.45) is 0 Å². The van der Waals surface area contributed by atoms with Gasteiger partial charge in [-0.1, -0.05) is 26.0 Å². The van der Waals surface area contributed by atoms with Crippen LogP contribution in [-0.2, 0) is 11.3 Å². The first-order chi connectivity index (χ1) is 9.47. The summed E-state index contributed by atoms with van der Waals surface area (Å²) in [4.78, 5) is 14.3. The molecule has 0 aliphatic carbocycles. The Labute approximate surface area is 122 Å². The average molecular weight is 277 g/mol. The minimum atomic E-state index is -0.143. The fourth-order valence-corrected chi connectivity index (χ4v) is 2.08. The molecule has 2 unspecified atom stereocenters. The smallest absolute Gasteiger partial charge is 0.237 e. The summed E-state index contributed by atoms with van der Waals surface area (Å²) in [6.45, 7) is 9.67. The molecule has 4 heteroatoms. The Morgan fingerprint density at radius 3 is 2.60 bits per heavy atom. The van der Waals surface area contributed by atoms with Gasteiger partial charge in [-0.05, 0) is 44.5 Å². The molecule has 2 atom stereocenters. The van der Waals surface area contributed by atoms with E-state index in [9.17, 15) is 4.79 Å². The van der Waals surface area contributed by atoms with Gasteiger partial charge in [-0.15, -0.1) is 0 Å². The van der Waals surface area contributed by atoms with Crippen LogP contribution < -0.4 is 11.1 Å². The maximum atomic E-state index is 12.2. The van der Waals surface area contributed by atoms with Crippen molar-refractivity contribution in [3.63, 3.8) is 0 Å². The van der Waals surface area contributed by atoms with E-state index in [0.717, 1.165) is 30.8 Å². The van der Waals surface area contributed by atoms with Crippen LogP contribution in [0.3, 0.4) is 0 Å². The first-order valence-electron chi connectivity index (χ1n) is 7.36. The lowest BCUT2D eigenvalue weighted by Gasteiger charge is -2.28. The Balaban J connectivity index is 2.67. The largest absolute Gasteiger partial charge is 0.399 e. The van der Waals surface area contributed by atoms with E-state index in [-0.39, 0.29) is 18.0 Å². The molecule has 1 aromatic rings. The molecule has 0 aliphatic heterocycles. The average Bonchev–Trinajstić information content (AvgIpc) is 2.43. The number of hydrogen-bond donors (Lipinski definition) is 2. The van der Waals surface area contributed by atoms with E-state index < -0.39 is 0 Å². The molecule has 0 spiro atoms. The molecule has 0 aliphatic rings. The molecule has 112 valence electrons. The Morgan fingerprint density at radius 1 is 1.35 bits per heavy atom. The molecule has 0 saturated heterocycles. The van der Waals surface area contributed by atoms with Crippen LogP contribution in [-0.4, -0.2) is 29.4 Å². The third-order valence-electron chi connectivity index (χ3n) is 3.67. The summed E-state index contributed by atoms with van der Waals surface area (Å²) in [5.74, 6) is 0.0881. The van der Waals surface area contributed by atoms with Crippen LogP contribution in [0.15, 0.2) is 24.3 Å². The van der Waals surface area contributed by atoms with Crippen molar-refractivity contribution in [2.45, 2.75) is 52.7 Å².